The van der Waals surface area contributed by atoms with Crippen LogP contribution in [0.1, 0.15) is 41.8 Å². The number of hydrazine groups is 1. The second kappa shape index (κ2) is 9.08. The number of benzene rings is 2. The quantitative estimate of drug-likeness (QED) is 0.571. The molecule has 0 bridgehead atoms. The Morgan fingerprint density at radius 1 is 1.19 bits per heavy atom. The molecule has 2 amide bonds. The van der Waals surface area contributed by atoms with Crippen molar-refractivity contribution in [3.63, 3.8) is 0 Å². The summed E-state index contributed by atoms with van der Waals surface area (Å²) in [5, 5.41) is 1.88. The van der Waals surface area contributed by atoms with E-state index in [1.807, 2.05) is 31.2 Å². The molecule has 1 fully saturated rings. The third-order valence-corrected chi connectivity index (χ3v) is 6.51. The summed E-state index contributed by atoms with van der Waals surface area (Å²) in [5.41, 5.74) is 5.59. The standard InChI is InChI=1S/C24H24N2O5S/c1-14(2)16-4-6-17(7-5-16)24-26(22(28)13-32-24)25-21(27)12-30-18-8-9-19-15(3)10-23(29)31-20(19)11-18/h4-11,14,24H,12-13H2,1-3H3,(H,25,27). The summed E-state index contributed by atoms with van der Waals surface area (Å²) >= 11 is 1.47. The number of thioether (sulfide) groups is 1. The fraction of sp³-hybridized carbons (Fsp3) is 0.292. The van der Waals surface area contributed by atoms with Crippen LogP contribution in [0.15, 0.2) is 57.7 Å². The van der Waals surface area contributed by atoms with Crippen LogP contribution < -0.4 is 15.8 Å². The van der Waals surface area contributed by atoms with E-state index < -0.39 is 11.5 Å². The molecule has 1 aliphatic heterocycles. The highest BCUT2D eigenvalue weighted by Crippen LogP contribution is 2.37. The molecule has 1 aromatic heterocycles. The van der Waals surface area contributed by atoms with Crippen molar-refractivity contribution in [2.45, 2.75) is 32.1 Å². The Morgan fingerprint density at radius 3 is 2.66 bits per heavy atom. The van der Waals surface area contributed by atoms with Gasteiger partial charge in [0, 0.05) is 17.5 Å². The number of hydrogen-bond donors (Lipinski definition) is 1. The van der Waals surface area contributed by atoms with Gasteiger partial charge >= 0.3 is 5.63 Å². The van der Waals surface area contributed by atoms with Crippen molar-refractivity contribution in [3.8, 4) is 5.75 Å². The fourth-order valence-electron chi connectivity index (χ4n) is 3.55. The number of carbonyl (C=O) groups is 2. The van der Waals surface area contributed by atoms with Crippen molar-refractivity contribution in [1.29, 1.82) is 0 Å². The molecule has 1 saturated heterocycles. The van der Waals surface area contributed by atoms with Gasteiger partial charge < -0.3 is 9.15 Å². The number of rotatable bonds is 6. The van der Waals surface area contributed by atoms with Gasteiger partial charge in [0.25, 0.3) is 11.8 Å². The average Bonchev–Trinajstić information content (AvgIpc) is 3.12. The normalized spacial score (nSPS) is 16.1. The van der Waals surface area contributed by atoms with Crippen molar-refractivity contribution in [2.75, 3.05) is 12.4 Å². The molecule has 8 heteroatoms. The molecule has 7 nitrogen and oxygen atoms in total. The van der Waals surface area contributed by atoms with Crippen LogP contribution >= 0.6 is 11.8 Å². The molecular weight excluding hydrogens is 428 g/mol. The van der Waals surface area contributed by atoms with Crippen LogP contribution in [0.25, 0.3) is 11.0 Å². The smallest absolute Gasteiger partial charge is 0.336 e. The maximum Gasteiger partial charge on any atom is 0.336 e. The lowest BCUT2D eigenvalue weighted by Gasteiger charge is -2.25. The van der Waals surface area contributed by atoms with E-state index in [0.717, 1.165) is 16.5 Å². The molecule has 0 saturated carbocycles. The summed E-state index contributed by atoms with van der Waals surface area (Å²) in [6, 6.07) is 14.6. The van der Waals surface area contributed by atoms with Gasteiger partial charge in [0.05, 0.1) is 5.75 Å². The van der Waals surface area contributed by atoms with Gasteiger partial charge in [-0.3, -0.25) is 15.0 Å². The van der Waals surface area contributed by atoms with Gasteiger partial charge in [-0.2, -0.15) is 0 Å². The largest absolute Gasteiger partial charge is 0.484 e. The molecule has 1 aliphatic rings. The highest BCUT2D eigenvalue weighted by atomic mass is 32.2. The molecule has 4 rings (SSSR count). The van der Waals surface area contributed by atoms with Gasteiger partial charge in [0.2, 0.25) is 0 Å². The van der Waals surface area contributed by atoms with Crippen molar-refractivity contribution < 1.29 is 18.7 Å². The van der Waals surface area contributed by atoms with E-state index in [-0.39, 0.29) is 17.9 Å². The summed E-state index contributed by atoms with van der Waals surface area (Å²) in [6.07, 6.45) is 0. The minimum absolute atomic E-state index is 0.163. The highest BCUT2D eigenvalue weighted by Gasteiger charge is 2.34. The van der Waals surface area contributed by atoms with Crippen LogP contribution in [0.3, 0.4) is 0 Å². The highest BCUT2D eigenvalue weighted by molar-refractivity contribution is 8.00. The SMILES string of the molecule is Cc1cc(=O)oc2cc(OCC(=O)NN3C(=O)CSC3c3ccc(C(C)C)cc3)ccc12. The minimum Gasteiger partial charge on any atom is -0.484 e. The van der Waals surface area contributed by atoms with E-state index in [0.29, 0.717) is 23.0 Å². The number of hydrogen-bond acceptors (Lipinski definition) is 6. The molecule has 2 aromatic carbocycles. The first-order valence-corrected chi connectivity index (χ1v) is 11.4. The molecule has 1 unspecified atom stereocenters. The van der Waals surface area contributed by atoms with Gasteiger partial charge in [-0.25, -0.2) is 9.80 Å². The van der Waals surface area contributed by atoms with Gasteiger partial charge in [-0.15, -0.1) is 11.8 Å². The van der Waals surface area contributed by atoms with E-state index in [1.165, 1.54) is 28.4 Å². The van der Waals surface area contributed by atoms with Gasteiger partial charge in [-0.1, -0.05) is 38.1 Å². The second-order valence-electron chi connectivity index (χ2n) is 7.98. The van der Waals surface area contributed by atoms with Crippen molar-refractivity contribution in [1.82, 2.24) is 10.4 Å². The Morgan fingerprint density at radius 2 is 1.94 bits per heavy atom. The van der Waals surface area contributed by atoms with Crippen molar-refractivity contribution >= 4 is 34.5 Å². The summed E-state index contributed by atoms with van der Waals surface area (Å²) in [4.78, 5) is 36.5. The van der Waals surface area contributed by atoms with Crippen LogP contribution in [-0.2, 0) is 9.59 Å². The maximum absolute atomic E-state index is 12.5. The molecule has 0 radical (unpaired) electrons. The van der Waals surface area contributed by atoms with Gasteiger partial charge in [0.1, 0.15) is 16.7 Å². The van der Waals surface area contributed by atoms with E-state index in [2.05, 4.69) is 19.3 Å². The molecule has 0 aliphatic carbocycles. The van der Waals surface area contributed by atoms with Gasteiger partial charge in [-0.05, 0) is 41.7 Å². The predicted octanol–water partition coefficient (Wildman–Crippen LogP) is 3.91. The molecule has 1 atom stereocenters. The summed E-state index contributed by atoms with van der Waals surface area (Å²) < 4.78 is 10.8. The summed E-state index contributed by atoms with van der Waals surface area (Å²) in [5.74, 6) is 0.492. The van der Waals surface area contributed by atoms with E-state index >= 15 is 0 Å². The van der Waals surface area contributed by atoms with Crippen molar-refractivity contribution in [2.24, 2.45) is 0 Å². The van der Waals surface area contributed by atoms with Crippen LogP contribution in [0, 0.1) is 6.92 Å². The minimum atomic E-state index is -0.449. The van der Waals surface area contributed by atoms with Gasteiger partial charge in [0.15, 0.2) is 6.61 Å². The van der Waals surface area contributed by atoms with E-state index in [1.54, 1.807) is 18.2 Å². The molecule has 32 heavy (non-hydrogen) atoms. The number of aryl methyl sites for hydroxylation is 1. The molecular formula is C24H24N2O5S. The first-order chi connectivity index (χ1) is 15.3. The zero-order chi connectivity index (χ0) is 22.8. The van der Waals surface area contributed by atoms with Crippen LogP contribution in [0.4, 0.5) is 0 Å². The number of nitrogens with zero attached hydrogens (tertiary/aromatic N) is 1. The lowest BCUT2D eigenvalue weighted by Crippen LogP contribution is -2.46. The summed E-state index contributed by atoms with van der Waals surface area (Å²) in [7, 11) is 0. The monoisotopic (exact) mass is 452 g/mol. The zero-order valence-corrected chi connectivity index (χ0v) is 18.9. The third kappa shape index (κ3) is 4.65. The molecule has 2 heterocycles. The Kier molecular flexibility index (Phi) is 6.23. The van der Waals surface area contributed by atoms with Crippen LogP contribution in [0.2, 0.25) is 0 Å². The Balaban J connectivity index is 1.42. The fourth-order valence-corrected chi connectivity index (χ4v) is 4.66. The molecule has 166 valence electrons. The maximum atomic E-state index is 12.5. The summed E-state index contributed by atoms with van der Waals surface area (Å²) in [6.45, 7) is 5.79. The average molecular weight is 453 g/mol. The molecule has 1 N–H and O–H groups in total. The number of ether oxygens (including phenoxy) is 1. The van der Waals surface area contributed by atoms with Crippen LogP contribution in [-0.4, -0.2) is 29.2 Å². The number of carbonyl (C=O) groups excluding carboxylic acids is 2. The topological polar surface area (TPSA) is 88.8 Å². The predicted molar refractivity (Wildman–Crippen MR) is 123 cm³/mol. The van der Waals surface area contributed by atoms with Crippen LogP contribution in [0.5, 0.6) is 5.75 Å². The Bertz CT molecular complexity index is 1220. The molecule has 3 aromatic rings. The number of fused-ring (bicyclic) bond motifs is 1. The third-order valence-electron chi connectivity index (χ3n) is 5.29. The van der Waals surface area contributed by atoms with E-state index in [9.17, 15) is 14.4 Å². The van der Waals surface area contributed by atoms with Crippen molar-refractivity contribution in [3.05, 3.63) is 75.6 Å². The Labute approximate surface area is 189 Å². The first kappa shape index (κ1) is 22.0. The first-order valence-electron chi connectivity index (χ1n) is 10.3. The second-order valence-corrected chi connectivity index (χ2v) is 9.05. The lowest BCUT2D eigenvalue weighted by molar-refractivity contribution is -0.140. The lowest BCUT2D eigenvalue weighted by atomic mass is 10.0. The van der Waals surface area contributed by atoms with E-state index in [4.69, 9.17) is 9.15 Å². The Hall–Kier alpha value is -3.26. The number of nitrogens with one attached hydrogen (secondary N) is 1. The molecule has 0 spiro atoms. The number of amides is 2. The zero-order valence-electron chi connectivity index (χ0n) is 18.1.